The molecule has 2 aliphatic heterocycles. The van der Waals surface area contributed by atoms with E-state index >= 15 is 0 Å². The average Bonchev–Trinajstić information content (AvgIpc) is 2.87. The highest BCUT2D eigenvalue weighted by Crippen LogP contribution is 2.36. The molecule has 2 atom stereocenters. The summed E-state index contributed by atoms with van der Waals surface area (Å²) < 4.78 is 44.2. The fourth-order valence-corrected chi connectivity index (χ4v) is 6.17. The number of ether oxygens (including phenoxy) is 3. The first-order chi connectivity index (χ1) is 16.3. The standard InChI is InChI=1S/C24H28N2O7S/c1-16-10-11-20(31-2)22(13-16)34(29,30)25-12-6-7-17(14-25)23(27)26-15-21(24(28)32-3)33-19-9-5-4-8-18(19)26/h4-5,8-11,13,17,21H,6-7,12,14-15H2,1-3H3/t17-,21-/m1/s1. The fraction of sp³-hybridized carbons (Fsp3) is 0.417. The molecule has 182 valence electrons. The van der Waals surface area contributed by atoms with Crippen LogP contribution in [-0.2, 0) is 24.3 Å². The molecule has 0 radical (unpaired) electrons. The molecule has 0 saturated carbocycles. The Balaban J connectivity index is 1.60. The summed E-state index contributed by atoms with van der Waals surface area (Å²) in [6, 6.07) is 12.0. The van der Waals surface area contributed by atoms with E-state index in [1.165, 1.54) is 23.4 Å². The number of carbonyl (C=O) groups excluding carboxylic acids is 2. The molecule has 1 fully saturated rings. The van der Waals surface area contributed by atoms with Gasteiger partial charge in [0.25, 0.3) is 0 Å². The van der Waals surface area contributed by atoms with Crippen molar-refractivity contribution in [3.05, 3.63) is 48.0 Å². The normalized spacial score (nSPS) is 20.7. The molecule has 2 heterocycles. The van der Waals surface area contributed by atoms with Gasteiger partial charge in [-0.05, 0) is 49.6 Å². The van der Waals surface area contributed by atoms with E-state index in [1.54, 1.807) is 42.5 Å². The third-order valence-electron chi connectivity index (χ3n) is 6.17. The van der Waals surface area contributed by atoms with E-state index in [2.05, 4.69) is 0 Å². The Bertz CT molecular complexity index is 1200. The maximum Gasteiger partial charge on any atom is 0.348 e. The first-order valence-corrected chi connectivity index (χ1v) is 12.5. The van der Waals surface area contributed by atoms with E-state index in [0.29, 0.717) is 30.8 Å². The molecule has 34 heavy (non-hydrogen) atoms. The van der Waals surface area contributed by atoms with Crippen molar-refractivity contribution < 1.29 is 32.2 Å². The number of rotatable bonds is 5. The van der Waals surface area contributed by atoms with Crippen LogP contribution < -0.4 is 14.4 Å². The van der Waals surface area contributed by atoms with Crippen LogP contribution in [0.15, 0.2) is 47.4 Å². The van der Waals surface area contributed by atoms with Gasteiger partial charge in [0.05, 0.1) is 32.4 Å². The molecule has 0 spiro atoms. The zero-order valence-electron chi connectivity index (χ0n) is 19.4. The van der Waals surface area contributed by atoms with E-state index < -0.39 is 28.0 Å². The van der Waals surface area contributed by atoms with Gasteiger partial charge in [0.1, 0.15) is 16.4 Å². The minimum Gasteiger partial charge on any atom is -0.495 e. The van der Waals surface area contributed by atoms with Crippen molar-refractivity contribution in [2.24, 2.45) is 5.92 Å². The molecule has 0 bridgehead atoms. The van der Waals surface area contributed by atoms with E-state index in [4.69, 9.17) is 14.2 Å². The molecule has 1 saturated heterocycles. The van der Waals surface area contributed by atoms with Gasteiger partial charge >= 0.3 is 5.97 Å². The van der Waals surface area contributed by atoms with E-state index in [1.807, 2.05) is 6.92 Å². The van der Waals surface area contributed by atoms with Crippen LogP contribution in [0.25, 0.3) is 0 Å². The molecule has 2 aromatic rings. The zero-order chi connectivity index (χ0) is 24.5. The highest BCUT2D eigenvalue weighted by atomic mass is 32.2. The Morgan fingerprint density at radius 2 is 1.85 bits per heavy atom. The minimum atomic E-state index is -3.87. The summed E-state index contributed by atoms with van der Waals surface area (Å²) >= 11 is 0. The number of carbonyl (C=O) groups is 2. The first-order valence-electron chi connectivity index (χ1n) is 11.1. The lowest BCUT2D eigenvalue weighted by molar-refractivity contribution is -0.148. The first kappa shape index (κ1) is 24.0. The second-order valence-electron chi connectivity index (χ2n) is 8.40. The number of para-hydroxylation sites is 2. The molecule has 4 rings (SSSR count). The summed E-state index contributed by atoms with van der Waals surface area (Å²) in [4.78, 5) is 27.4. The van der Waals surface area contributed by atoms with Gasteiger partial charge in [0, 0.05) is 13.1 Å². The van der Waals surface area contributed by atoms with E-state index in [9.17, 15) is 18.0 Å². The van der Waals surface area contributed by atoms with Crippen molar-refractivity contribution in [2.45, 2.75) is 30.8 Å². The van der Waals surface area contributed by atoms with Crippen molar-refractivity contribution in [1.82, 2.24) is 4.31 Å². The zero-order valence-corrected chi connectivity index (χ0v) is 20.2. The SMILES string of the molecule is COC(=O)[C@H]1CN(C(=O)[C@@H]2CCCN(S(=O)(=O)c3cc(C)ccc3OC)C2)c2ccccc2O1. The lowest BCUT2D eigenvalue weighted by Gasteiger charge is -2.38. The number of aryl methyl sites for hydroxylation is 1. The summed E-state index contributed by atoms with van der Waals surface area (Å²) in [5.41, 5.74) is 1.34. The highest BCUT2D eigenvalue weighted by Gasteiger charge is 2.40. The Morgan fingerprint density at radius 3 is 2.59 bits per heavy atom. The summed E-state index contributed by atoms with van der Waals surface area (Å²) in [5, 5.41) is 0. The van der Waals surface area contributed by atoms with Crippen molar-refractivity contribution in [2.75, 3.05) is 38.8 Å². The molecule has 9 nitrogen and oxygen atoms in total. The smallest absolute Gasteiger partial charge is 0.348 e. The maximum atomic E-state index is 13.6. The van der Waals surface area contributed by atoms with Gasteiger partial charge in [-0.1, -0.05) is 18.2 Å². The number of anilines is 1. The van der Waals surface area contributed by atoms with Gasteiger partial charge in [-0.15, -0.1) is 0 Å². The summed E-state index contributed by atoms with van der Waals surface area (Å²) in [5.74, 6) is -0.722. The number of nitrogens with zero attached hydrogens (tertiary/aromatic N) is 2. The molecular formula is C24H28N2O7S. The van der Waals surface area contributed by atoms with Crippen LogP contribution in [0.2, 0.25) is 0 Å². The number of methoxy groups -OCH3 is 2. The summed E-state index contributed by atoms with van der Waals surface area (Å²) in [6.45, 7) is 2.17. The van der Waals surface area contributed by atoms with Crippen LogP contribution in [-0.4, -0.2) is 64.6 Å². The van der Waals surface area contributed by atoms with Crippen LogP contribution in [0.1, 0.15) is 18.4 Å². The Morgan fingerprint density at radius 1 is 1.09 bits per heavy atom. The van der Waals surface area contributed by atoms with Crippen molar-refractivity contribution >= 4 is 27.6 Å². The molecule has 2 aliphatic rings. The average molecular weight is 489 g/mol. The Kier molecular flexibility index (Phi) is 6.81. The summed E-state index contributed by atoms with van der Waals surface area (Å²) in [6.07, 6.45) is 0.123. The van der Waals surface area contributed by atoms with Gasteiger partial charge in [-0.3, -0.25) is 4.79 Å². The van der Waals surface area contributed by atoms with E-state index in [0.717, 1.165) is 5.56 Å². The summed E-state index contributed by atoms with van der Waals surface area (Å²) in [7, 11) is -1.18. The number of sulfonamides is 1. The Hall–Kier alpha value is -3.11. The monoisotopic (exact) mass is 488 g/mol. The van der Waals surface area contributed by atoms with Crippen LogP contribution >= 0.6 is 0 Å². The quantitative estimate of drug-likeness (QED) is 0.596. The van der Waals surface area contributed by atoms with Crippen LogP contribution in [0.5, 0.6) is 11.5 Å². The molecular weight excluding hydrogens is 460 g/mol. The van der Waals surface area contributed by atoms with Gasteiger partial charge in [0.15, 0.2) is 0 Å². The van der Waals surface area contributed by atoms with Crippen LogP contribution in [0.3, 0.4) is 0 Å². The number of hydrogen-bond donors (Lipinski definition) is 0. The van der Waals surface area contributed by atoms with Crippen molar-refractivity contribution in [3.63, 3.8) is 0 Å². The van der Waals surface area contributed by atoms with E-state index in [-0.39, 0.29) is 29.6 Å². The lowest BCUT2D eigenvalue weighted by Crippen LogP contribution is -2.52. The Labute approximate surface area is 199 Å². The largest absolute Gasteiger partial charge is 0.495 e. The third kappa shape index (κ3) is 4.47. The number of esters is 1. The maximum absolute atomic E-state index is 13.6. The number of hydrogen-bond acceptors (Lipinski definition) is 7. The molecule has 0 aliphatic carbocycles. The molecule has 1 amide bonds. The topological polar surface area (TPSA) is 102 Å². The number of fused-ring (bicyclic) bond motifs is 1. The predicted octanol–water partition coefficient (Wildman–Crippen LogP) is 2.37. The molecule has 2 aromatic carbocycles. The minimum absolute atomic E-state index is 0.00251. The predicted molar refractivity (Wildman–Crippen MR) is 124 cm³/mol. The van der Waals surface area contributed by atoms with Gasteiger partial charge in [0.2, 0.25) is 22.0 Å². The van der Waals surface area contributed by atoms with Crippen LogP contribution in [0.4, 0.5) is 5.69 Å². The number of amides is 1. The second kappa shape index (κ2) is 9.63. The fourth-order valence-electron chi connectivity index (χ4n) is 4.40. The molecule has 10 heteroatoms. The van der Waals surface area contributed by atoms with Gasteiger partial charge < -0.3 is 19.1 Å². The van der Waals surface area contributed by atoms with Crippen molar-refractivity contribution in [1.29, 1.82) is 0 Å². The molecule has 0 N–H and O–H groups in total. The second-order valence-corrected chi connectivity index (χ2v) is 10.3. The van der Waals surface area contributed by atoms with Crippen LogP contribution in [0, 0.1) is 12.8 Å². The third-order valence-corrected chi connectivity index (χ3v) is 8.06. The number of piperidine rings is 1. The molecule has 0 unspecified atom stereocenters. The number of benzene rings is 2. The van der Waals surface area contributed by atoms with Gasteiger partial charge in [-0.2, -0.15) is 4.31 Å². The highest BCUT2D eigenvalue weighted by molar-refractivity contribution is 7.89. The lowest BCUT2D eigenvalue weighted by atomic mass is 9.97. The van der Waals surface area contributed by atoms with Gasteiger partial charge in [-0.25, -0.2) is 13.2 Å². The van der Waals surface area contributed by atoms with Crippen molar-refractivity contribution in [3.8, 4) is 11.5 Å². The molecule has 0 aromatic heterocycles.